The maximum Gasteiger partial charge on any atom is 0.255 e. The van der Waals surface area contributed by atoms with E-state index in [1.165, 1.54) is 0 Å². The highest BCUT2D eigenvalue weighted by atomic mass is 79.9. The zero-order valence-electron chi connectivity index (χ0n) is 10.7. The molecule has 0 unspecified atom stereocenters. The molecule has 2 aromatic rings. The lowest BCUT2D eigenvalue weighted by molar-refractivity contribution is 0.102. The molecule has 0 radical (unpaired) electrons. The Morgan fingerprint density at radius 2 is 2.10 bits per heavy atom. The molecule has 0 saturated heterocycles. The molecule has 0 atom stereocenters. The number of nitrogen functional groups attached to an aromatic ring is 1. The number of hydrogen-bond donors (Lipinski definition) is 2. The van der Waals surface area contributed by atoms with Crippen molar-refractivity contribution in [2.24, 2.45) is 0 Å². The zero-order chi connectivity index (χ0) is 14.1. The predicted molar refractivity (Wildman–Crippen MR) is 82.1 cm³/mol. The third-order valence-electron chi connectivity index (χ3n) is 3.21. The number of anilines is 2. The molecular weight excluding hydrogens is 320 g/mol. The van der Waals surface area contributed by atoms with Crippen molar-refractivity contribution >= 4 is 33.2 Å². The van der Waals surface area contributed by atoms with E-state index in [9.17, 15) is 4.79 Å². The summed E-state index contributed by atoms with van der Waals surface area (Å²) in [5, 5.41) is 2.84. The van der Waals surface area contributed by atoms with Crippen LogP contribution in [0.3, 0.4) is 0 Å². The minimum atomic E-state index is -0.151. The van der Waals surface area contributed by atoms with Crippen LogP contribution in [-0.2, 0) is 6.42 Å². The Balaban J connectivity index is 1.80. The molecule has 20 heavy (non-hydrogen) atoms. The molecule has 0 spiro atoms. The summed E-state index contributed by atoms with van der Waals surface area (Å²) in [4.78, 5) is 12.2. The quantitative estimate of drug-likeness (QED) is 0.830. The van der Waals surface area contributed by atoms with E-state index >= 15 is 0 Å². The monoisotopic (exact) mass is 332 g/mol. The highest BCUT2D eigenvalue weighted by Crippen LogP contribution is 2.27. The van der Waals surface area contributed by atoms with Gasteiger partial charge in [-0.05, 0) is 57.9 Å². The van der Waals surface area contributed by atoms with E-state index in [1.54, 1.807) is 18.2 Å². The zero-order valence-corrected chi connectivity index (χ0v) is 12.2. The van der Waals surface area contributed by atoms with E-state index in [0.29, 0.717) is 23.5 Å². The predicted octanol–water partition coefficient (Wildman–Crippen LogP) is 3.22. The maximum absolute atomic E-state index is 12.2. The van der Waals surface area contributed by atoms with Gasteiger partial charge in [0, 0.05) is 27.8 Å². The number of halogens is 1. The van der Waals surface area contributed by atoms with E-state index in [0.717, 1.165) is 22.2 Å². The van der Waals surface area contributed by atoms with Crippen molar-refractivity contribution < 1.29 is 9.53 Å². The lowest BCUT2D eigenvalue weighted by Crippen LogP contribution is -2.12. The number of nitrogens with one attached hydrogen (secondary N) is 1. The van der Waals surface area contributed by atoms with Crippen LogP contribution in [0.4, 0.5) is 11.4 Å². The number of carbonyl (C=O) groups excluding carboxylic acids is 1. The Kier molecular flexibility index (Phi) is 3.36. The summed E-state index contributed by atoms with van der Waals surface area (Å²) >= 11 is 3.32. The minimum Gasteiger partial charge on any atom is -0.493 e. The Morgan fingerprint density at radius 3 is 2.90 bits per heavy atom. The first kappa shape index (κ1) is 13.0. The van der Waals surface area contributed by atoms with Gasteiger partial charge in [-0.15, -0.1) is 0 Å². The van der Waals surface area contributed by atoms with Gasteiger partial charge in [-0.25, -0.2) is 0 Å². The number of nitrogens with two attached hydrogens (primary N) is 1. The normalized spacial score (nSPS) is 12.7. The topological polar surface area (TPSA) is 64.3 Å². The van der Waals surface area contributed by atoms with Gasteiger partial charge in [0.15, 0.2) is 0 Å². The SMILES string of the molecule is Nc1cc(NC(=O)c2ccc3c(c2)CCO3)ccc1Br. The van der Waals surface area contributed by atoms with Gasteiger partial charge in [0.25, 0.3) is 5.91 Å². The smallest absolute Gasteiger partial charge is 0.255 e. The lowest BCUT2D eigenvalue weighted by atomic mass is 10.1. The highest BCUT2D eigenvalue weighted by molar-refractivity contribution is 9.10. The molecule has 0 saturated carbocycles. The fraction of sp³-hybridized carbons (Fsp3) is 0.133. The van der Waals surface area contributed by atoms with Gasteiger partial charge in [-0.3, -0.25) is 4.79 Å². The van der Waals surface area contributed by atoms with Crippen LogP contribution in [0.1, 0.15) is 15.9 Å². The molecule has 1 aliphatic heterocycles. The molecule has 102 valence electrons. The number of fused-ring (bicyclic) bond motifs is 1. The average molecular weight is 333 g/mol. The number of rotatable bonds is 2. The standard InChI is InChI=1S/C15H13BrN2O2/c16-12-3-2-11(8-13(12)17)18-15(19)10-1-4-14-9(7-10)5-6-20-14/h1-4,7-8H,5-6,17H2,(H,18,19). The largest absolute Gasteiger partial charge is 0.493 e. The van der Waals surface area contributed by atoms with Crippen LogP contribution in [0.2, 0.25) is 0 Å². The van der Waals surface area contributed by atoms with Crippen molar-refractivity contribution in [3.8, 4) is 5.75 Å². The van der Waals surface area contributed by atoms with Crippen LogP contribution in [0.5, 0.6) is 5.75 Å². The molecule has 1 heterocycles. The summed E-state index contributed by atoms with van der Waals surface area (Å²) in [5.74, 6) is 0.718. The number of carbonyl (C=O) groups is 1. The van der Waals surface area contributed by atoms with Crippen LogP contribution in [0.25, 0.3) is 0 Å². The first-order chi connectivity index (χ1) is 9.63. The Labute approximate surface area is 125 Å². The van der Waals surface area contributed by atoms with E-state index in [4.69, 9.17) is 10.5 Å². The van der Waals surface area contributed by atoms with Crippen molar-refractivity contribution in [1.82, 2.24) is 0 Å². The van der Waals surface area contributed by atoms with Gasteiger partial charge < -0.3 is 15.8 Å². The summed E-state index contributed by atoms with van der Waals surface area (Å²) in [6.45, 7) is 0.684. The second-order valence-corrected chi connectivity index (χ2v) is 5.47. The molecule has 2 aromatic carbocycles. The molecule has 4 nitrogen and oxygen atoms in total. The molecule has 1 aliphatic rings. The number of ether oxygens (including phenoxy) is 1. The molecule has 0 aliphatic carbocycles. The summed E-state index contributed by atoms with van der Waals surface area (Å²) in [7, 11) is 0. The van der Waals surface area contributed by atoms with Crippen LogP contribution in [-0.4, -0.2) is 12.5 Å². The van der Waals surface area contributed by atoms with E-state index in [-0.39, 0.29) is 5.91 Å². The van der Waals surface area contributed by atoms with Crippen LogP contribution in [0.15, 0.2) is 40.9 Å². The number of hydrogen-bond acceptors (Lipinski definition) is 3. The molecule has 5 heteroatoms. The molecule has 3 N–H and O–H groups in total. The Hall–Kier alpha value is -2.01. The fourth-order valence-corrected chi connectivity index (χ4v) is 2.40. The Bertz CT molecular complexity index is 686. The van der Waals surface area contributed by atoms with Crippen LogP contribution >= 0.6 is 15.9 Å². The molecule has 3 rings (SSSR count). The van der Waals surface area contributed by atoms with E-state index < -0.39 is 0 Å². The van der Waals surface area contributed by atoms with Gasteiger partial charge in [0.1, 0.15) is 5.75 Å². The van der Waals surface area contributed by atoms with E-state index in [1.807, 2.05) is 18.2 Å². The van der Waals surface area contributed by atoms with E-state index in [2.05, 4.69) is 21.2 Å². The summed E-state index contributed by atoms with van der Waals surface area (Å²) in [6.07, 6.45) is 0.849. The number of amides is 1. The van der Waals surface area contributed by atoms with Gasteiger partial charge in [0.05, 0.1) is 6.61 Å². The number of benzene rings is 2. The third-order valence-corrected chi connectivity index (χ3v) is 3.93. The highest BCUT2D eigenvalue weighted by Gasteiger charge is 2.15. The molecule has 0 bridgehead atoms. The minimum absolute atomic E-state index is 0.151. The van der Waals surface area contributed by atoms with Crippen molar-refractivity contribution in [3.63, 3.8) is 0 Å². The van der Waals surface area contributed by atoms with Crippen LogP contribution < -0.4 is 15.8 Å². The summed E-state index contributed by atoms with van der Waals surface area (Å²) in [5.41, 5.74) is 8.75. The molecule has 0 aromatic heterocycles. The fourth-order valence-electron chi connectivity index (χ4n) is 2.15. The molecular formula is C15H13BrN2O2. The summed E-state index contributed by atoms with van der Waals surface area (Å²) < 4.78 is 6.24. The first-order valence-electron chi connectivity index (χ1n) is 6.25. The van der Waals surface area contributed by atoms with Crippen molar-refractivity contribution in [2.45, 2.75) is 6.42 Å². The Morgan fingerprint density at radius 1 is 1.25 bits per heavy atom. The molecule has 0 fully saturated rings. The van der Waals surface area contributed by atoms with Crippen molar-refractivity contribution in [3.05, 3.63) is 52.0 Å². The summed E-state index contributed by atoms with van der Waals surface area (Å²) in [6, 6.07) is 10.8. The third kappa shape index (κ3) is 2.49. The van der Waals surface area contributed by atoms with Crippen molar-refractivity contribution in [1.29, 1.82) is 0 Å². The maximum atomic E-state index is 12.2. The van der Waals surface area contributed by atoms with Gasteiger partial charge >= 0.3 is 0 Å². The lowest BCUT2D eigenvalue weighted by Gasteiger charge is -2.08. The van der Waals surface area contributed by atoms with Gasteiger partial charge in [0.2, 0.25) is 0 Å². The van der Waals surface area contributed by atoms with Crippen LogP contribution in [0, 0.1) is 0 Å². The van der Waals surface area contributed by atoms with Gasteiger partial charge in [-0.2, -0.15) is 0 Å². The first-order valence-corrected chi connectivity index (χ1v) is 7.05. The van der Waals surface area contributed by atoms with Crippen molar-refractivity contribution in [2.75, 3.05) is 17.7 Å². The van der Waals surface area contributed by atoms with Gasteiger partial charge in [-0.1, -0.05) is 0 Å². The molecule has 1 amide bonds. The average Bonchev–Trinajstić information content (AvgIpc) is 2.90. The second-order valence-electron chi connectivity index (χ2n) is 4.61. The second kappa shape index (κ2) is 5.17.